The van der Waals surface area contributed by atoms with Crippen LogP contribution in [0.1, 0.15) is 143 Å². The van der Waals surface area contributed by atoms with Crippen molar-refractivity contribution >= 4 is 23.8 Å². The molecule has 0 saturated carbocycles. The number of carboxylic acid groups (broad SMARTS) is 1. The van der Waals surface area contributed by atoms with Gasteiger partial charge in [-0.3, -0.25) is 9.59 Å². The summed E-state index contributed by atoms with van der Waals surface area (Å²) in [5.74, 6) is 0.0387. The maximum atomic E-state index is 11.4. The molecule has 0 fully saturated rings. The lowest BCUT2D eigenvalue weighted by Crippen LogP contribution is -2.37. The quantitative estimate of drug-likeness (QED) is 0.182. The van der Waals surface area contributed by atoms with E-state index < -0.39 is 5.97 Å². The van der Waals surface area contributed by atoms with E-state index in [2.05, 4.69) is 24.5 Å². The van der Waals surface area contributed by atoms with Gasteiger partial charge in [-0.25, -0.2) is 0 Å². The van der Waals surface area contributed by atoms with E-state index in [1.807, 2.05) is 96.9 Å². The van der Waals surface area contributed by atoms with Gasteiger partial charge in [-0.15, -0.1) is 0 Å². The highest BCUT2D eigenvalue weighted by atomic mass is 16.4. The first-order valence-corrected chi connectivity index (χ1v) is 15.5. The molecule has 2 unspecified atom stereocenters. The highest BCUT2D eigenvalue weighted by molar-refractivity contribution is 5.86. The van der Waals surface area contributed by atoms with Crippen molar-refractivity contribution in [1.29, 1.82) is 0 Å². The third-order valence-electron chi connectivity index (χ3n) is 3.51. The van der Waals surface area contributed by atoms with E-state index in [1.165, 1.54) is 0 Å². The number of aliphatic carboxylic acids is 1. The second-order valence-corrected chi connectivity index (χ2v) is 7.59. The normalized spacial score (nSPS) is 9.45. The number of aliphatic hydroxyl groups is 1. The molecule has 40 heavy (non-hydrogen) atoms. The number of carbonyl (C=O) groups is 4. The van der Waals surface area contributed by atoms with Gasteiger partial charge in [0.25, 0.3) is 0 Å². The molecular formula is C32H76N2O6. The van der Waals surface area contributed by atoms with Gasteiger partial charge in [-0.1, -0.05) is 104 Å². The van der Waals surface area contributed by atoms with Gasteiger partial charge in [0.2, 0.25) is 0 Å². The summed E-state index contributed by atoms with van der Waals surface area (Å²) < 4.78 is 0. The maximum absolute atomic E-state index is 11.4. The van der Waals surface area contributed by atoms with Gasteiger partial charge in [0.05, 0.1) is 18.7 Å². The second-order valence-electron chi connectivity index (χ2n) is 7.59. The van der Waals surface area contributed by atoms with Crippen LogP contribution in [-0.4, -0.2) is 66.8 Å². The molecule has 0 heterocycles. The minimum atomic E-state index is -0.864. The zero-order valence-electron chi connectivity index (χ0n) is 30.4. The number of nitrogens with one attached hydrogen (secondary N) is 2. The van der Waals surface area contributed by atoms with Gasteiger partial charge in [0.1, 0.15) is 12.1 Å². The van der Waals surface area contributed by atoms with Crippen LogP contribution in [0.2, 0.25) is 0 Å². The number of hydrogen-bond donors (Lipinski definition) is 4. The fraction of sp³-hybridized carbons (Fsp3) is 0.875. The number of aliphatic hydroxyl groups excluding tert-OH is 1. The Labute approximate surface area is 251 Å². The first kappa shape index (κ1) is 62.1. The molecule has 0 aromatic rings. The Kier molecular flexibility index (Phi) is 102. The number of aldehydes is 1. The highest BCUT2D eigenvalue weighted by Crippen LogP contribution is 2.05. The molecule has 0 amide bonds. The summed E-state index contributed by atoms with van der Waals surface area (Å²) >= 11 is 0. The van der Waals surface area contributed by atoms with Crippen LogP contribution in [0.15, 0.2) is 0 Å². The van der Waals surface area contributed by atoms with Gasteiger partial charge in [-0.05, 0) is 46.7 Å². The van der Waals surface area contributed by atoms with Crippen LogP contribution in [0.5, 0.6) is 0 Å². The SMILES string of the molecule is CC.CC.CC.CC.CC.CC(C)CC(C)O.CCC(C)=O.CNC(CCC(=O)O)C(=O)C(C)C.CNCC=O. The Hall–Kier alpha value is -1.64. The zero-order chi connectivity index (χ0) is 34.7. The van der Waals surface area contributed by atoms with Gasteiger partial charge >= 0.3 is 5.97 Å². The highest BCUT2D eigenvalue weighted by Gasteiger charge is 2.19. The first-order chi connectivity index (χ1) is 18.8. The van der Waals surface area contributed by atoms with E-state index in [0.717, 1.165) is 12.7 Å². The van der Waals surface area contributed by atoms with Crippen LogP contribution >= 0.6 is 0 Å². The molecule has 8 heteroatoms. The van der Waals surface area contributed by atoms with Crippen molar-refractivity contribution in [2.45, 2.75) is 156 Å². The second kappa shape index (κ2) is 66.0. The molecule has 0 radical (unpaired) electrons. The lowest BCUT2D eigenvalue weighted by molar-refractivity contribution is -0.137. The minimum absolute atomic E-state index is 0.0317. The van der Waals surface area contributed by atoms with Crippen molar-refractivity contribution in [2.24, 2.45) is 11.8 Å². The van der Waals surface area contributed by atoms with Crippen molar-refractivity contribution in [1.82, 2.24) is 10.6 Å². The summed E-state index contributed by atoms with van der Waals surface area (Å²) in [6.45, 7) is 33.5. The zero-order valence-corrected chi connectivity index (χ0v) is 30.4. The maximum Gasteiger partial charge on any atom is 0.303 e. The van der Waals surface area contributed by atoms with Gasteiger partial charge in [-0.2, -0.15) is 0 Å². The van der Waals surface area contributed by atoms with E-state index in [0.29, 0.717) is 25.3 Å². The van der Waals surface area contributed by atoms with E-state index in [1.54, 1.807) is 21.0 Å². The lowest BCUT2D eigenvalue weighted by Gasteiger charge is -2.15. The third-order valence-corrected chi connectivity index (χ3v) is 3.51. The van der Waals surface area contributed by atoms with E-state index in [4.69, 9.17) is 10.2 Å². The Morgan fingerprint density at radius 1 is 0.800 bits per heavy atom. The molecule has 0 aliphatic rings. The van der Waals surface area contributed by atoms with Crippen molar-refractivity contribution in [2.75, 3.05) is 20.6 Å². The molecule has 250 valence electrons. The van der Waals surface area contributed by atoms with Crippen LogP contribution in [0.4, 0.5) is 0 Å². The fourth-order valence-electron chi connectivity index (χ4n) is 1.86. The Balaban J connectivity index is -0.0000000437. The average molecular weight is 585 g/mol. The molecule has 4 N–H and O–H groups in total. The summed E-state index contributed by atoms with van der Waals surface area (Å²) in [5.41, 5.74) is 0. The average Bonchev–Trinajstić information content (AvgIpc) is 2.95. The third kappa shape index (κ3) is 99.6. The smallest absolute Gasteiger partial charge is 0.303 e. The topological polar surface area (TPSA) is 133 Å². The molecule has 0 aliphatic heterocycles. The largest absolute Gasteiger partial charge is 0.481 e. The molecule has 0 aromatic carbocycles. The number of carboxylic acids is 1. The molecule has 0 saturated heterocycles. The molecule has 0 spiro atoms. The fourth-order valence-corrected chi connectivity index (χ4v) is 1.86. The number of ketones is 2. The summed E-state index contributed by atoms with van der Waals surface area (Å²) in [7, 11) is 3.40. The van der Waals surface area contributed by atoms with Crippen LogP contribution < -0.4 is 10.6 Å². The van der Waals surface area contributed by atoms with Crippen molar-refractivity contribution in [3.05, 3.63) is 0 Å². The van der Waals surface area contributed by atoms with Gasteiger partial charge in [0, 0.05) is 18.8 Å². The van der Waals surface area contributed by atoms with Crippen molar-refractivity contribution in [3.63, 3.8) is 0 Å². The number of rotatable bonds is 11. The van der Waals surface area contributed by atoms with Gasteiger partial charge in [0.15, 0.2) is 5.78 Å². The molecule has 2 atom stereocenters. The van der Waals surface area contributed by atoms with Crippen molar-refractivity contribution < 1.29 is 29.4 Å². The van der Waals surface area contributed by atoms with Crippen LogP contribution in [0, 0.1) is 11.8 Å². The molecular weight excluding hydrogens is 508 g/mol. The summed E-state index contributed by atoms with van der Waals surface area (Å²) in [5, 5.41) is 22.6. The van der Waals surface area contributed by atoms with E-state index in [-0.39, 0.29) is 36.1 Å². The Morgan fingerprint density at radius 3 is 1.25 bits per heavy atom. The minimum Gasteiger partial charge on any atom is -0.481 e. The molecule has 0 bridgehead atoms. The molecule has 0 aromatic heterocycles. The van der Waals surface area contributed by atoms with Gasteiger partial charge < -0.3 is 30.4 Å². The number of carbonyl (C=O) groups excluding carboxylic acids is 3. The Morgan fingerprint density at radius 2 is 1.15 bits per heavy atom. The van der Waals surface area contributed by atoms with Crippen LogP contribution in [0.25, 0.3) is 0 Å². The summed E-state index contributed by atoms with van der Waals surface area (Å²) in [6, 6.07) is -0.323. The summed E-state index contributed by atoms with van der Waals surface area (Å²) in [4.78, 5) is 40.9. The molecule has 0 rings (SSSR count). The summed E-state index contributed by atoms with van der Waals surface area (Å²) in [6.07, 6.45) is 2.67. The predicted molar refractivity (Wildman–Crippen MR) is 178 cm³/mol. The number of Topliss-reactive ketones (excluding diaryl/α,β-unsaturated/α-hetero) is 2. The number of likely N-dealkylation sites (N-methyl/N-ethyl adjacent to an activating group) is 2. The standard InChI is InChI=1S/C9H17NO3.C6H14O.C4H8O.C3H7NO.5C2H6/c1-6(2)9(13)7(10-3)4-5-8(11)12;1-5(2)4-6(3)7;1-3-4(2)5;1-4-2-3-5;5*1-2/h6-7,10H,4-5H2,1-3H3,(H,11,12);5-7H,4H2,1-3H3;3H2,1-2H3;3-4H,2H2,1H3;5*1-2H3. The molecule has 0 aliphatic carbocycles. The van der Waals surface area contributed by atoms with Crippen LogP contribution in [-0.2, 0) is 19.2 Å². The van der Waals surface area contributed by atoms with Crippen LogP contribution in [0.3, 0.4) is 0 Å². The molecule has 8 nitrogen and oxygen atoms in total. The van der Waals surface area contributed by atoms with E-state index >= 15 is 0 Å². The predicted octanol–water partition coefficient (Wildman–Crippen LogP) is 7.60. The number of hydrogen-bond acceptors (Lipinski definition) is 7. The first-order valence-electron chi connectivity index (χ1n) is 15.5. The monoisotopic (exact) mass is 585 g/mol. The Bertz CT molecular complexity index is 435. The lowest BCUT2D eigenvalue weighted by atomic mass is 9.98. The van der Waals surface area contributed by atoms with Crippen molar-refractivity contribution in [3.8, 4) is 0 Å². The van der Waals surface area contributed by atoms with E-state index in [9.17, 15) is 19.2 Å².